The second kappa shape index (κ2) is 7.96. The van der Waals surface area contributed by atoms with E-state index < -0.39 is 15.9 Å². The summed E-state index contributed by atoms with van der Waals surface area (Å²) in [5, 5.41) is 3.77. The topological polar surface area (TPSA) is 88.5 Å². The zero-order valence-electron chi connectivity index (χ0n) is 18.5. The van der Waals surface area contributed by atoms with Gasteiger partial charge in [-0.15, -0.1) is 0 Å². The molecule has 1 N–H and O–H groups in total. The second-order valence-corrected chi connectivity index (χ2v) is 11.0. The maximum absolute atomic E-state index is 13.3. The van der Waals surface area contributed by atoms with E-state index in [0.717, 1.165) is 23.1 Å². The van der Waals surface area contributed by atoms with Gasteiger partial charge in [0.15, 0.2) is 0 Å². The molecule has 3 aromatic carbocycles. The number of hydrogen-bond acceptors (Lipinski definition) is 4. The van der Waals surface area contributed by atoms with Gasteiger partial charge in [-0.3, -0.25) is 13.9 Å². The van der Waals surface area contributed by atoms with Crippen LogP contribution in [-0.2, 0) is 29.4 Å². The highest BCUT2D eigenvalue weighted by atomic mass is 35.5. The number of halogens is 1. The molecule has 35 heavy (non-hydrogen) atoms. The lowest BCUT2D eigenvalue weighted by Gasteiger charge is -2.20. The summed E-state index contributed by atoms with van der Waals surface area (Å²) in [5.74, 6) is -0.525. The summed E-state index contributed by atoms with van der Waals surface area (Å²) in [6.07, 6.45) is 3.00. The van der Waals surface area contributed by atoms with Crippen LogP contribution in [0.5, 0.6) is 0 Å². The minimum Gasteiger partial charge on any atom is -0.346 e. The van der Waals surface area contributed by atoms with E-state index in [2.05, 4.69) is 5.32 Å². The Bertz CT molecular complexity index is 1690. The smallest absolute Gasteiger partial charge is 0.264 e. The number of sulfonamides is 1. The van der Waals surface area contributed by atoms with Crippen LogP contribution in [0, 0.1) is 0 Å². The number of nitrogens with one attached hydrogen (secondary N) is 1. The number of carbonyl (C=O) groups is 1. The van der Waals surface area contributed by atoms with Gasteiger partial charge in [-0.1, -0.05) is 29.8 Å². The number of rotatable bonds is 4. The zero-order chi connectivity index (χ0) is 24.3. The average molecular weight is 506 g/mol. The molecule has 9 heteroatoms. The van der Waals surface area contributed by atoms with Gasteiger partial charge in [-0.2, -0.15) is 0 Å². The number of carbonyl (C=O) groups excluding carboxylic acids is 1. The predicted molar refractivity (Wildman–Crippen MR) is 136 cm³/mol. The predicted octanol–water partition coefficient (Wildman–Crippen LogP) is 4.21. The van der Waals surface area contributed by atoms with Crippen molar-refractivity contribution in [2.45, 2.75) is 24.3 Å². The molecule has 1 amide bonds. The second-order valence-electron chi connectivity index (χ2n) is 8.71. The Kier molecular flexibility index (Phi) is 4.98. The monoisotopic (exact) mass is 505 g/mol. The summed E-state index contributed by atoms with van der Waals surface area (Å²) in [5.41, 5.74) is 3.53. The van der Waals surface area contributed by atoms with Crippen molar-refractivity contribution in [1.82, 2.24) is 4.57 Å². The highest BCUT2D eigenvalue weighted by molar-refractivity contribution is 7.92. The Morgan fingerprint density at radius 3 is 2.51 bits per heavy atom. The minimum absolute atomic E-state index is 0.0580. The number of nitrogens with zero attached hydrogens (tertiary/aromatic N) is 2. The zero-order valence-corrected chi connectivity index (χ0v) is 20.1. The first-order chi connectivity index (χ1) is 16.8. The molecule has 0 unspecified atom stereocenters. The van der Waals surface area contributed by atoms with Crippen LogP contribution in [0.3, 0.4) is 0 Å². The lowest BCUT2D eigenvalue weighted by Crippen LogP contribution is -2.29. The van der Waals surface area contributed by atoms with Crippen LogP contribution in [0.4, 0.5) is 11.4 Å². The van der Waals surface area contributed by atoms with Crippen LogP contribution < -0.4 is 15.1 Å². The Balaban J connectivity index is 1.33. The molecule has 0 aliphatic carbocycles. The molecule has 6 rings (SSSR count). The lowest BCUT2D eigenvalue weighted by atomic mass is 10.1. The van der Waals surface area contributed by atoms with Crippen molar-refractivity contribution in [3.63, 3.8) is 0 Å². The number of anilines is 2. The van der Waals surface area contributed by atoms with Gasteiger partial charge in [0.05, 0.1) is 16.1 Å². The van der Waals surface area contributed by atoms with Crippen molar-refractivity contribution in [2.75, 3.05) is 16.2 Å². The molecule has 7 nitrogen and oxygen atoms in total. The van der Waals surface area contributed by atoms with Gasteiger partial charge < -0.3 is 9.88 Å². The number of hydrogen-bond donors (Lipinski definition) is 1. The van der Waals surface area contributed by atoms with Crippen LogP contribution >= 0.6 is 11.6 Å². The molecule has 0 saturated carbocycles. The molecular weight excluding hydrogens is 486 g/mol. The van der Waals surface area contributed by atoms with Crippen LogP contribution in [-0.4, -0.2) is 25.4 Å². The molecule has 4 aromatic rings. The van der Waals surface area contributed by atoms with E-state index in [1.807, 2.05) is 16.7 Å². The van der Waals surface area contributed by atoms with E-state index in [0.29, 0.717) is 41.3 Å². The van der Waals surface area contributed by atoms with Crippen LogP contribution in [0.15, 0.2) is 76.6 Å². The fraction of sp³-hybridized carbons (Fsp3) is 0.154. The Morgan fingerprint density at radius 2 is 1.71 bits per heavy atom. The number of para-hydroxylation sites is 1. The summed E-state index contributed by atoms with van der Waals surface area (Å²) in [7, 11) is -3.79. The van der Waals surface area contributed by atoms with E-state index in [-0.39, 0.29) is 15.9 Å². The molecule has 3 heterocycles. The van der Waals surface area contributed by atoms with Crippen LogP contribution in [0.2, 0.25) is 5.02 Å². The summed E-state index contributed by atoms with van der Waals surface area (Å²) in [4.78, 5) is 26.3. The highest BCUT2D eigenvalue weighted by Crippen LogP contribution is 2.35. The Morgan fingerprint density at radius 1 is 0.943 bits per heavy atom. The molecule has 0 radical (unpaired) electrons. The first-order valence-corrected chi connectivity index (χ1v) is 13.0. The van der Waals surface area contributed by atoms with Gasteiger partial charge in [-0.05, 0) is 66.4 Å². The van der Waals surface area contributed by atoms with E-state index >= 15 is 0 Å². The van der Waals surface area contributed by atoms with Crippen molar-refractivity contribution in [3.8, 4) is 0 Å². The number of aryl methyl sites for hydroxylation is 2. The number of pyridine rings is 1. The van der Waals surface area contributed by atoms with E-state index in [4.69, 9.17) is 11.6 Å². The van der Waals surface area contributed by atoms with Gasteiger partial charge >= 0.3 is 0 Å². The Labute approximate surface area is 206 Å². The van der Waals surface area contributed by atoms with Crippen molar-refractivity contribution >= 4 is 49.8 Å². The number of amides is 1. The third kappa shape index (κ3) is 3.52. The van der Waals surface area contributed by atoms with Gasteiger partial charge in [0, 0.05) is 35.4 Å². The van der Waals surface area contributed by atoms with Crippen molar-refractivity contribution in [1.29, 1.82) is 0 Å². The third-order valence-corrected chi connectivity index (χ3v) is 8.72. The number of aromatic nitrogens is 1. The number of benzene rings is 3. The summed E-state index contributed by atoms with van der Waals surface area (Å²) in [6.45, 7) is 1.02. The van der Waals surface area contributed by atoms with Gasteiger partial charge in [0.25, 0.3) is 15.9 Å². The molecule has 0 saturated heterocycles. The lowest BCUT2D eigenvalue weighted by molar-refractivity contribution is 0.102. The molecule has 2 aliphatic heterocycles. The first-order valence-electron chi connectivity index (χ1n) is 11.2. The van der Waals surface area contributed by atoms with Gasteiger partial charge in [0.2, 0.25) is 5.43 Å². The summed E-state index contributed by atoms with van der Waals surface area (Å²) < 4.78 is 29.8. The molecule has 0 bridgehead atoms. The Hall–Kier alpha value is -3.62. The van der Waals surface area contributed by atoms with Crippen LogP contribution in [0.1, 0.15) is 21.5 Å². The molecule has 1 aromatic heterocycles. The van der Waals surface area contributed by atoms with Crippen molar-refractivity contribution < 1.29 is 13.2 Å². The van der Waals surface area contributed by atoms with E-state index in [1.54, 1.807) is 42.6 Å². The fourth-order valence-corrected chi connectivity index (χ4v) is 6.55. The largest absolute Gasteiger partial charge is 0.346 e. The van der Waals surface area contributed by atoms with Crippen molar-refractivity contribution in [3.05, 3.63) is 98.8 Å². The van der Waals surface area contributed by atoms with Gasteiger partial charge in [0.1, 0.15) is 5.56 Å². The van der Waals surface area contributed by atoms with Crippen LogP contribution in [0.25, 0.3) is 10.9 Å². The normalized spacial score (nSPS) is 14.4. The SMILES string of the molecule is O=C(Nc1ccc2c(c1)N(S(=O)(=O)c1ccc(Cl)cc1)CC2)c1cn2c3c(cccc3c1=O)CC2. The van der Waals surface area contributed by atoms with Crippen molar-refractivity contribution in [2.24, 2.45) is 0 Å². The third-order valence-electron chi connectivity index (χ3n) is 6.65. The molecule has 0 spiro atoms. The molecule has 0 atom stereocenters. The molecule has 2 aliphatic rings. The standard InChI is InChI=1S/C26H20ClN3O4S/c27-18-5-8-20(9-6-18)35(33,34)30-13-11-16-4-7-19(14-23(16)30)28-26(32)22-15-29-12-10-17-2-1-3-21(24(17)29)25(22)31/h1-9,14-15H,10-13H2,(H,28,32). The fourth-order valence-electron chi connectivity index (χ4n) is 4.93. The average Bonchev–Trinajstić information content (AvgIpc) is 3.46. The maximum Gasteiger partial charge on any atom is 0.264 e. The summed E-state index contributed by atoms with van der Waals surface area (Å²) >= 11 is 5.92. The maximum atomic E-state index is 13.3. The quantitative estimate of drug-likeness (QED) is 0.450. The molecule has 0 fully saturated rings. The minimum atomic E-state index is -3.79. The van der Waals surface area contributed by atoms with E-state index in [1.165, 1.54) is 16.4 Å². The highest BCUT2D eigenvalue weighted by Gasteiger charge is 2.31. The van der Waals surface area contributed by atoms with E-state index in [9.17, 15) is 18.0 Å². The molecular formula is C26H20ClN3O4S. The number of fused-ring (bicyclic) bond motifs is 1. The van der Waals surface area contributed by atoms with Gasteiger partial charge in [-0.25, -0.2) is 8.42 Å². The summed E-state index contributed by atoms with van der Waals surface area (Å²) in [6, 6.07) is 16.8. The molecule has 176 valence electrons. The first kappa shape index (κ1) is 21.9.